The molecule has 0 saturated carbocycles. The van der Waals surface area contributed by atoms with Gasteiger partial charge in [0.25, 0.3) is 0 Å². The molecule has 0 aliphatic carbocycles. The van der Waals surface area contributed by atoms with Crippen molar-refractivity contribution >= 4 is 19.8 Å². The highest BCUT2D eigenvalue weighted by Crippen LogP contribution is 2.43. The maximum atomic E-state index is 12.1. The number of carbonyl (C=O) groups excluding carboxylic acids is 2. The Morgan fingerprint density at radius 2 is 1.41 bits per heavy atom. The molecule has 3 atom stereocenters. The Hall–Kier alpha value is -1.03. The third kappa shape index (κ3) is 18.5. The van der Waals surface area contributed by atoms with E-state index in [2.05, 4.69) is 11.4 Å². The Kier molecular flexibility index (Phi) is 18.8. The van der Waals surface area contributed by atoms with Crippen molar-refractivity contribution in [1.29, 1.82) is 0 Å². The molecular formula is C21H41O10P. The topological polar surface area (TPSA) is 149 Å². The number of unbranched alkanes of at least 4 members (excludes halogenated alkanes) is 8. The molecule has 0 aliphatic heterocycles. The van der Waals surface area contributed by atoms with Gasteiger partial charge in [-0.05, 0) is 6.42 Å². The van der Waals surface area contributed by atoms with E-state index in [-0.39, 0.29) is 19.4 Å². The fourth-order valence-electron chi connectivity index (χ4n) is 2.68. The number of hydrogen-bond donors (Lipinski definition) is 3. The molecule has 0 spiro atoms. The lowest BCUT2D eigenvalue weighted by molar-refractivity contribution is -0.161. The van der Waals surface area contributed by atoms with Crippen molar-refractivity contribution in [2.24, 2.45) is 0 Å². The van der Waals surface area contributed by atoms with Gasteiger partial charge in [-0.1, -0.05) is 65.2 Å². The third-order valence-electron chi connectivity index (χ3n) is 4.57. The molecule has 190 valence electrons. The molecule has 0 fully saturated rings. The van der Waals surface area contributed by atoms with E-state index in [1.807, 2.05) is 0 Å². The molecule has 3 unspecified atom stereocenters. The van der Waals surface area contributed by atoms with Crippen LogP contribution in [0.1, 0.15) is 84.5 Å². The molecular weight excluding hydrogens is 443 g/mol. The zero-order valence-electron chi connectivity index (χ0n) is 19.4. The molecule has 0 aromatic rings. The van der Waals surface area contributed by atoms with Gasteiger partial charge in [0.15, 0.2) is 6.10 Å². The van der Waals surface area contributed by atoms with Crippen molar-refractivity contribution in [3.63, 3.8) is 0 Å². The molecule has 11 heteroatoms. The molecule has 0 saturated heterocycles. The van der Waals surface area contributed by atoms with Gasteiger partial charge >= 0.3 is 19.8 Å². The van der Waals surface area contributed by atoms with Gasteiger partial charge in [-0.3, -0.25) is 18.6 Å². The van der Waals surface area contributed by atoms with Crippen LogP contribution in [0.5, 0.6) is 0 Å². The number of hydrogen-bond acceptors (Lipinski definition) is 9. The standard InChI is InChI=1S/C21H41O10P/c1-3-5-6-7-8-9-10-11-12-13-21(25)31-19(16-28-20(24)4-2)17-30-32(26,27)29-15-18(23)14-22/h18-19,22-23H,3-17H2,1-2H3,(H,26,27). The van der Waals surface area contributed by atoms with Crippen molar-refractivity contribution in [2.75, 3.05) is 26.4 Å². The fourth-order valence-corrected chi connectivity index (χ4v) is 3.47. The molecule has 0 radical (unpaired) electrons. The summed E-state index contributed by atoms with van der Waals surface area (Å²) in [6, 6.07) is 0. The summed E-state index contributed by atoms with van der Waals surface area (Å²) < 4.78 is 31.4. The molecule has 32 heavy (non-hydrogen) atoms. The predicted molar refractivity (Wildman–Crippen MR) is 118 cm³/mol. The second-order valence-electron chi connectivity index (χ2n) is 7.62. The molecule has 0 aromatic heterocycles. The van der Waals surface area contributed by atoms with Gasteiger partial charge in [0.2, 0.25) is 0 Å². The summed E-state index contributed by atoms with van der Waals surface area (Å²) in [6.07, 6.45) is 7.85. The monoisotopic (exact) mass is 484 g/mol. The fraction of sp³-hybridized carbons (Fsp3) is 0.905. The summed E-state index contributed by atoms with van der Waals surface area (Å²) in [5, 5.41) is 17.9. The highest BCUT2D eigenvalue weighted by molar-refractivity contribution is 7.47. The molecule has 0 heterocycles. The molecule has 0 bridgehead atoms. The van der Waals surface area contributed by atoms with Crippen molar-refractivity contribution < 1.29 is 47.8 Å². The van der Waals surface area contributed by atoms with Crippen LogP contribution in [0, 0.1) is 0 Å². The van der Waals surface area contributed by atoms with Gasteiger partial charge in [-0.2, -0.15) is 0 Å². The van der Waals surface area contributed by atoms with E-state index < -0.39 is 51.8 Å². The molecule has 0 amide bonds. The van der Waals surface area contributed by atoms with E-state index in [1.165, 1.54) is 32.1 Å². The lowest BCUT2D eigenvalue weighted by Crippen LogP contribution is -2.29. The highest BCUT2D eigenvalue weighted by atomic mass is 31.2. The molecule has 0 aliphatic rings. The van der Waals surface area contributed by atoms with Gasteiger partial charge in [-0.15, -0.1) is 0 Å². The smallest absolute Gasteiger partial charge is 0.462 e. The Morgan fingerprint density at radius 1 is 0.844 bits per heavy atom. The van der Waals surface area contributed by atoms with Crippen LogP contribution in [0.3, 0.4) is 0 Å². The lowest BCUT2D eigenvalue weighted by Gasteiger charge is -2.20. The van der Waals surface area contributed by atoms with Crippen molar-refractivity contribution in [2.45, 2.75) is 96.7 Å². The number of carbonyl (C=O) groups is 2. The highest BCUT2D eigenvalue weighted by Gasteiger charge is 2.26. The van der Waals surface area contributed by atoms with Crippen LogP contribution >= 0.6 is 7.82 Å². The SMILES string of the molecule is CCCCCCCCCCCC(=O)OC(COC(=O)CC)COP(=O)(O)OCC(O)CO. The van der Waals surface area contributed by atoms with Crippen LogP contribution in [0.2, 0.25) is 0 Å². The summed E-state index contributed by atoms with van der Waals surface area (Å²) in [5.74, 6) is -1.03. The Balaban J connectivity index is 4.33. The minimum atomic E-state index is -4.56. The number of phosphoric acid groups is 1. The zero-order chi connectivity index (χ0) is 24.2. The van der Waals surface area contributed by atoms with Gasteiger partial charge in [0.1, 0.15) is 12.7 Å². The van der Waals surface area contributed by atoms with E-state index in [0.29, 0.717) is 6.42 Å². The number of esters is 2. The quantitative estimate of drug-likeness (QED) is 0.126. The minimum absolute atomic E-state index is 0.126. The Labute approximate surface area is 191 Å². The van der Waals surface area contributed by atoms with Crippen LogP contribution in [0.15, 0.2) is 0 Å². The van der Waals surface area contributed by atoms with E-state index >= 15 is 0 Å². The Bertz CT molecular complexity index is 543. The molecule has 0 aromatic carbocycles. The van der Waals surface area contributed by atoms with Crippen LogP contribution in [0.4, 0.5) is 0 Å². The first kappa shape index (κ1) is 31.0. The summed E-state index contributed by atoms with van der Waals surface area (Å²) >= 11 is 0. The average molecular weight is 485 g/mol. The van der Waals surface area contributed by atoms with E-state index in [9.17, 15) is 24.2 Å². The third-order valence-corrected chi connectivity index (χ3v) is 5.52. The Morgan fingerprint density at radius 3 is 1.97 bits per heavy atom. The van der Waals surface area contributed by atoms with Gasteiger partial charge in [-0.25, -0.2) is 4.57 Å². The van der Waals surface area contributed by atoms with Crippen LogP contribution in [-0.2, 0) is 32.7 Å². The number of ether oxygens (including phenoxy) is 2. The number of aliphatic hydroxyl groups is 2. The second-order valence-corrected chi connectivity index (χ2v) is 9.08. The van der Waals surface area contributed by atoms with E-state index in [1.54, 1.807) is 6.92 Å². The van der Waals surface area contributed by atoms with Gasteiger partial charge in [0, 0.05) is 12.8 Å². The lowest BCUT2D eigenvalue weighted by atomic mass is 10.1. The maximum absolute atomic E-state index is 12.1. The number of rotatable bonds is 21. The van der Waals surface area contributed by atoms with E-state index in [4.69, 9.17) is 19.1 Å². The van der Waals surface area contributed by atoms with Gasteiger partial charge < -0.3 is 24.6 Å². The predicted octanol–water partition coefficient (Wildman–Crippen LogP) is 3.26. The maximum Gasteiger partial charge on any atom is 0.472 e. The molecule has 3 N–H and O–H groups in total. The molecule has 10 nitrogen and oxygen atoms in total. The largest absolute Gasteiger partial charge is 0.472 e. The average Bonchev–Trinajstić information content (AvgIpc) is 2.77. The summed E-state index contributed by atoms with van der Waals surface area (Å²) in [4.78, 5) is 33.1. The van der Waals surface area contributed by atoms with Gasteiger partial charge in [0.05, 0.1) is 19.8 Å². The molecule has 0 rings (SSSR count). The minimum Gasteiger partial charge on any atom is -0.462 e. The summed E-state index contributed by atoms with van der Waals surface area (Å²) in [5.41, 5.74) is 0. The van der Waals surface area contributed by atoms with Crippen molar-refractivity contribution in [3.05, 3.63) is 0 Å². The van der Waals surface area contributed by atoms with E-state index in [0.717, 1.165) is 19.3 Å². The van der Waals surface area contributed by atoms with Crippen molar-refractivity contribution in [3.8, 4) is 0 Å². The zero-order valence-corrected chi connectivity index (χ0v) is 20.3. The first-order valence-corrected chi connectivity index (χ1v) is 13.0. The second kappa shape index (κ2) is 19.4. The number of phosphoric ester groups is 1. The van der Waals surface area contributed by atoms with Crippen LogP contribution in [0.25, 0.3) is 0 Å². The number of aliphatic hydroxyl groups excluding tert-OH is 2. The van der Waals surface area contributed by atoms with Crippen LogP contribution < -0.4 is 0 Å². The summed E-state index contributed by atoms with van der Waals surface area (Å²) in [7, 11) is -4.56. The first-order valence-electron chi connectivity index (χ1n) is 11.5. The normalized spacial score (nSPS) is 15.0. The first-order chi connectivity index (χ1) is 15.2. The summed E-state index contributed by atoms with van der Waals surface area (Å²) in [6.45, 7) is 1.67. The van der Waals surface area contributed by atoms with Crippen molar-refractivity contribution in [1.82, 2.24) is 0 Å². The van der Waals surface area contributed by atoms with Crippen LogP contribution in [-0.4, -0.2) is 65.7 Å².